The summed E-state index contributed by atoms with van der Waals surface area (Å²) in [4.78, 5) is 19.6. The van der Waals surface area contributed by atoms with Crippen molar-refractivity contribution in [1.82, 2.24) is 24.9 Å². The first-order valence-electron chi connectivity index (χ1n) is 9.74. The minimum absolute atomic E-state index is 0.295. The van der Waals surface area contributed by atoms with E-state index in [0.717, 1.165) is 12.1 Å². The molecule has 2 N–H and O–H groups in total. The monoisotopic (exact) mass is 450 g/mol. The number of H-pyrrole nitrogens is 1. The van der Waals surface area contributed by atoms with Crippen LogP contribution in [0.1, 0.15) is 5.56 Å². The van der Waals surface area contributed by atoms with E-state index in [-0.39, 0.29) is 0 Å². The number of nitrogens with zero attached hydrogens (tertiary/aromatic N) is 4. The van der Waals surface area contributed by atoms with Crippen molar-refractivity contribution in [1.29, 1.82) is 0 Å². The highest BCUT2D eigenvalue weighted by molar-refractivity contribution is 5.81. The summed E-state index contributed by atoms with van der Waals surface area (Å²) < 4.78 is 52.2. The van der Waals surface area contributed by atoms with Crippen LogP contribution in [-0.2, 0) is 6.18 Å². The molecule has 0 fully saturated rings. The van der Waals surface area contributed by atoms with Gasteiger partial charge in [-0.1, -0.05) is 18.2 Å². The van der Waals surface area contributed by atoms with E-state index in [1.807, 2.05) is 0 Å². The quantitative estimate of drug-likeness (QED) is 0.260. The molecule has 3 aromatic heterocycles. The number of anilines is 2. The Morgan fingerprint density at radius 1 is 0.818 bits per heavy atom. The maximum atomic E-state index is 13.3. The molecule has 0 spiro atoms. The van der Waals surface area contributed by atoms with Crippen molar-refractivity contribution >= 4 is 22.7 Å². The molecule has 0 unspecified atom stereocenters. The van der Waals surface area contributed by atoms with Crippen molar-refractivity contribution in [3.05, 3.63) is 84.6 Å². The average molecular weight is 450 g/mol. The van der Waals surface area contributed by atoms with Gasteiger partial charge in [-0.25, -0.2) is 19.9 Å². The molecule has 6 nitrogen and oxygen atoms in total. The Hall–Kier alpha value is -4.34. The molecule has 5 aromatic rings. The van der Waals surface area contributed by atoms with Crippen LogP contribution >= 0.6 is 0 Å². The summed E-state index contributed by atoms with van der Waals surface area (Å²) in [6.45, 7) is 0. The lowest BCUT2D eigenvalue weighted by Gasteiger charge is -2.07. The van der Waals surface area contributed by atoms with E-state index in [1.165, 1.54) is 24.5 Å². The van der Waals surface area contributed by atoms with Crippen molar-refractivity contribution in [2.24, 2.45) is 0 Å². The standard InChI is InChI=1S/C23H14F4N6/c24-20-6-2-5-17(31-20)14-11-28-22(29-12-14)30-16-4-1-3-13(9-16)21-32-18-8-7-15(23(25,26)27)10-19(18)33-21/h1-12H,(H,32,33)(H,28,29,30). The van der Waals surface area contributed by atoms with Crippen LogP contribution in [0.4, 0.5) is 29.2 Å². The van der Waals surface area contributed by atoms with Gasteiger partial charge in [0.2, 0.25) is 11.9 Å². The Morgan fingerprint density at radius 3 is 2.36 bits per heavy atom. The van der Waals surface area contributed by atoms with Crippen molar-refractivity contribution < 1.29 is 17.6 Å². The molecule has 33 heavy (non-hydrogen) atoms. The number of aromatic amines is 1. The second kappa shape index (κ2) is 7.97. The number of hydrogen-bond acceptors (Lipinski definition) is 5. The van der Waals surface area contributed by atoms with E-state index in [9.17, 15) is 17.6 Å². The molecule has 3 heterocycles. The van der Waals surface area contributed by atoms with Crippen LogP contribution in [0.3, 0.4) is 0 Å². The van der Waals surface area contributed by atoms with E-state index in [4.69, 9.17) is 0 Å². The van der Waals surface area contributed by atoms with Gasteiger partial charge in [0.05, 0.1) is 22.3 Å². The number of rotatable bonds is 4. The molecular formula is C23H14F4N6. The molecule has 0 saturated heterocycles. The van der Waals surface area contributed by atoms with Gasteiger partial charge in [-0.05, 0) is 42.5 Å². The van der Waals surface area contributed by atoms with Crippen LogP contribution in [-0.4, -0.2) is 24.9 Å². The number of benzene rings is 2. The molecule has 0 atom stereocenters. The van der Waals surface area contributed by atoms with E-state index < -0.39 is 17.7 Å². The summed E-state index contributed by atoms with van der Waals surface area (Å²) in [5.74, 6) is 0.153. The predicted octanol–water partition coefficient (Wildman–Crippen LogP) is 5.98. The zero-order chi connectivity index (χ0) is 23.0. The summed E-state index contributed by atoms with van der Waals surface area (Å²) in [5, 5.41) is 3.06. The fraction of sp³-hybridized carbons (Fsp3) is 0.0435. The second-order valence-electron chi connectivity index (χ2n) is 7.16. The topological polar surface area (TPSA) is 79.4 Å². The number of aromatic nitrogens is 5. The van der Waals surface area contributed by atoms with Gasteiger partial charge in [0.25, 0.3) is 0 Å². The van der Waals surface area contributed by atoms with Crippen molar-refractivity contribution in [2.45, 2.75) is 6.18 Å². The molecule has 164 valence electrons. The summed E-state index contributed by atoms with van der Waals surface area (Å²) in [5.41, 5.74) is 2.29. The fourth-order valence-electron chi connectivity index (χ4n) is 3.29. The third-order valence-electron chi connectivity index (χ3n) is 4.86. The average Bonchev–Trinajstić information content (AvgIpc) is 3.23. The van der Waals surface area contributed by atoms with Gasteiger partial charge >= 0.3 is 6.18 Å². The second-order valence-corrected chi connectivity index (χ2v) is 7.16. The number of alkyl halides is 3. The summed E-state index contributed by atoms with van der Waals surface area (Å²) in [6.07, 6.45) is -1.37. The Labute approximate surface area is 184 Å². The number of pyridine rings is 1. The Bertz CT molecular complexity index is 1440. The first-order valence-corrected chi connectivity index (χ1v) is 9.74. The minimum Gasteiger partial charge on any atom is -0.338 e. The van der Waals surface area contributed by atoms with Crippen molar-refractivity contribution in [3.63, 3.8) is 0 Å². The number of imidazole rings is 1. The minimum atomic E-state index is -4.43. The van der Waals surface area contributed by atoms with Gasteiger partial charge in [-0.3, -0.25) is 0 Å². The smallest absolute Gasteiger partial charge is 0.338 e. The molecule has 0 amide bonds. The Kier molecular flexibility index (Phi) is 4.97. The largest absolute Gasteiger partial charge is 0.416 e. The normalized spacial score (nSPS) is 11.6. The molecule has 2 aromatic carbocycles. The highest BCUT2D eigenvalue weighted by atomic mass is 19.4. The van der Waals surface area contributed by atoms with Crippen LogP contribution in [0.5, 0.6) is 0 Å². The Morgan fingerprint density at radius 2 is 1.61 bits per heavy atom. The van der Waals surface area contributed by atoms with Crippen LogP contribution in [0.2, 0.25) is 0 Å². The number of nitrogens with one attached hydrogen (secondary N) is 2. The molecule has 0 aliphatic rings. The van der Waals surface area contributed by atoms with Gasteiger partial charge in [-0.15, -0.1) is 0 Å². The number of halogens is 4. The van der Waals surface area contributed by atoms with Crippen LogP contribution in [0, 0.1) is 5.95 Å². The number of hydrogen-bond donors (Lipinski definition) is 2. The SMILES string of the molecule is Fc1cccc(-c2cnc(Nc3cccc(-c4nc5ccc(C(F)(F)F)cc5[nH]4)c3)nc2)n1. The maximum Gasteiger partial charge on any atom is 0.416 e. The van der Waals surface area contributed by atoms with Crippen LogP contribution < -0.4 is 5.32 Å². The third kappa shape index (κ3) is 4.36. The molecule has 0 bridgehead atoms. The highest BCUT2D eigenvalue weighted by Crippen LogP contribution is 2.32. The number of fused-ring (bicyclic) bond motifs is 1. The third-order valence-corrected chi connectivity index (χ3v) is 4.86. The predicted molar refractivity (Wildman–Crippen MR) is 115 cm³/mol. The molecule has 0 radical (unpaired) electrons. The first kappa shape index (κ1) is 20.6. The zero-order valence-electron chi connectivity index (χ0n) is 16.7. The Balaban J connectivity index is 1.38. The maximum absolute atomic E-state index is 13.3. The molecule has 0 saturated carbocycles. The van der Waals surface area contributed by atoms with E-state index in [1.54, 1.807) is 36.4 Å². The van der Waals surface area contributed by atoms with Crippen molar-refractivity contribution in [3.8, 4) is 22.6 Å². The lowest BCUT2D eigenvalue weighted by molar-refractivity contribution is -0.137. The van der Waals surface area contributed by atoms with E-state index in [0.29, 0.717) is 45.3 Å². The lowest BCUT2D eigenvalue weighted by Crippen LogP contribution is -2.04. The summed E-state index contributed by atoms with van der Waals surface area (Å²) >= 11 is 0. The summed E-state index contributed by atoms with van der Waals surface area (Å²) in [6, 6.07) is 15.0. The molecular weight excluding hydrogens is 436 g/mol. The van der Waals surface area contributed by atoms with E-state index in [2.05, 4.69) is 30.2 Å². The lowest BCUT2D eigenvalue weighted by atomic mass is 10.2. The summed E-state index contributed by atoms with van der Waals surface area (Å²) in [7, 11) is 0. The van der Waals surface area contributed by atoms with E-state index >= 15 is 0 Å². The van der Waals surface area contributed by atoms with Gasteiger partial charge in [-0.2, -0.15) is 17.6 Å². The first-order chi connectivity index (χ1) is 15.8. The van der Waals surface area contributed by atoms with Gasteiger partial charge < -0.3 is 10.3 Å². The fourth-order valence-corrected chi connectivity index (χ4v) is 3.29. The molecule has 0 aliphatic heterocycles. The van der Waals surface area contributed by atoms with Crippen LogP contribution in [0.15, 0.2) is 73.1 Å². The van der Waals surface area contributed by atoms with Gasteiger partial charge in [0, 0.05) is 29.2 Å². The van der Waals surface area contributed by atoms with Crippen molar-refractivity contribution in [2.75, 3.05) is 5.32 Å². The van der Waals surface area contributed by atoms with Crippen LogP contribution in [0.25, 0.3) is 33.7 Å². The molecule has 10 heteroatoms. The highest BCUT2D eigenvalue weighted by Gasteiger charge is 2.30. The molecule has 5 rings (SSSR count). The van der Waals surface area contributed by atoms with Gasteiger partial charge in [0.1, 0.15) is 5.82 Å². The molecule has 0 aliphatic carbocycles. The zero-order valence-corrected chi connectivity index (χ0v) is 16.7. The van der Waals surface area contributed by atoms with Gasteiger partial charge in [0.15, 0.2) is 0 Å².